The molecule has 1 saturated heterocycles. The van der Waals surface area contributed by atoms with Crippen LogP contribution in [0.1, 0.15) is 24.8 Å². The van der Waals surface area contributed by atoms with Crippen LogP contribution in [0.25, 0.3) is 0 Å². The van der Waals surface area contributed by atoms with Crippen LogP contribution in [-0.2, 0) is 9.53 Å². The molecule has 1 aromatic carbocycles. The number of ether oxygens (including phenoxy) is 1. The van der Waals surface area contributed by atoms with Crippen molar-refractivity contribution < 1.29 is 9.53 Å². The number of amides is 1. The molecule has 1 N–H and O–H groups in total. The Balaban J connectivity index is 2.05. The Labute approximate surface area is 100 Å². The molecule has 4 heteroatoms. The molecule has 1 aliphatic heterocycles. The second-order valence-corrected chi connectivity index (χ2v) is 4.00. The van der Waals surface area contributed by atoms with Gasteiger partial charge in [0.1, 0.15) is 12.2 Å². The quantitative estimate of drug-likeness (QED) is 0.845. The highest BCUT2D eigenvalue weighted by atomic mass is 16.5. The van der Waals surface area contributed by atoms with Crippen LogP contribution in [0.4, 0.5) is 5.69 Å². The molecule has 88 valence electrons. The van der Waals surface area contributed by atoms with E-state index in [-0.39, 0.29) is 12.0 Å². The zero-order valence-corrected chi connectivity index (χ0v) is 9.48. The molecule has 0 aliphatic carbocycles. The predicted octanol–water partition coefficient (Wildman–Crippen LogP) is 2.07. The molecule has 1 heterocycles. The first kappa shape index (κ1) is 11.6. The Bertz CT molecular complexity index is 445. The second kappa shape index (κ2) is 5.46. The van der Waals surface area contributed by atoms with E-state index < -0.39 is 0 Å². The smallest absolute Gasteiger partial charge is 0.253 e. The Hall–Kier alpha value is -1.86. The second-order valence-electron chi connectivity index (χ2n) is 4.00. The van der Waals surface area contributed by atoms with Crippen LogP contribution in [-0.4, -0.2) is 18.6 Å². The maximum Gasteiger partial charge on any atom is 0.253 e. The number of para-hydroxylation sites is 1. The Morgan fingerprint density at radius 2 is 2.24 bits per heavy atom. The number of rotatable bonds is 2. The minimum atomic E-state index is -0.379. The number of carbonyl (C=O) groups is 1. The van der Waals surface area contributed by atoms with Crippen molar-refractivity contribution in [2.24, 2.45) is 0 Å². The Morgan fingerprint density at radius 3 is 2.94 bits per heavy atom. The zero-order valence-electron chi connectivity index (χ0n) is 9.48. The largest absolute Gasteiger partial charge is 0.368 e. The van der Waals surface area contributed by atoms with Crippen molar-refractivity contribution in [3.05, 3.63) is 29.8 Å². The first-order valence-corrected chi connectivity index (χ1v) is 5.73. The summed E-state index contributed by atoms with van der Waals surface area (Å²) < 4.78 is 5.39. The predicted molar refractivity (Wildman–Crippen MR) is 63.4 cm³/mol. The maximum atomic E-state index is 11.9. The fraction of sp³-hybridized carbons (Fsp3) is 0.385. The third kappa shape index (κ3) is 2.83. The van der Waals surface area contributed by atoms with Gasteiger partial charge in [0.05, 0.1) is 11.3 Å². The van der Waals surface area contributed by atoms with E-state index in [2.05, 4.69) is 5.32 Å². The summed E-state index contributed by atoms with van der Waals surface area (Å²) in [6, 6.07) is 9.01. The molecule has 1 aliphatic rings. The van der Waals surface area contributed by atoms with E-state index in [1.807, 2.05) is 6.07 Å². The average molecular weight is 230 g/mol. The summed E-state index contributed by atoms with van der Waals surface area (Å²) >= 11 is 0. The molecule has 17 heavy (non-hydrogen) atoms. The normalized spacial score (nSPS) is 19.4. The fourth-order valence-corrected chi connectivity index (χ4v) is 1.85. The van der Waals surface area contributed by atoms with Crippen LogP contribution >= 0.6 is 0 Å². The van der Waals surface area contributed by atoms with Gasteiger partial charge in [-0.3, -0.25) is 4.79 Å². The molecule has 2 rings (SSSR count). The standard InChI is InChI=1S/C13H14N2O2/c14-9-10-5-1-2-6-11(10)15-13(16)12-7-3-4-8-17-12/h1-2,5-6,12H,3-4,7-8H2,(H,15,16). The lowest BCUT2D eigenvalue weighted by atomic mass is 10.1. The molecule has 1 aromatic rings. The zero-order chi connectivity index (χ0) is 12.1. The first-order chi connectivity index (χ1) is 8.31. The molecule has 0 aromatic heterocycles. The Morgan fingerprint density at radius 1 is 1.41 bits per heavy atom. The highest BCUT2D eigenvalue weighted by molar-refractivity contribution is 5.95. The summed E-state index contributed by atoms with van der Waals surface area (Å²) in [5.74, 6) is -0.160. The fourth-order valence-electron chi connectivity index (χ4n) is 1.85. The van der Waals surface area contributed by atoms with Gasteiger partial charge in [-0.2, -0.15) is 5.26 Å². The van der Waals surface area contributed by atoms with Gasteiger partial charge in [-0.1, -0.05) is 12.1 Å². The van der Waals surface area contributed by atoms with E-state index in [1.54, 1.807) is 24.3 Å². The molecule has 1 amide bonds. The first-order valence-electron chi connectivity index (χ1n) is 5.73. The molecule has 1 unspecified atom stereocenters. The van der Waals surface area contributed by atoms with Gasteiger partial charge in [0.2, 0.25) is 0 Å². The van der Waals surface area contributed by atoms with Crippen LogP contribution < -0.4 is 5.32 Å². The lowest BCUT2D eigenvalue weighted by Gasteiger charge is -2.21. The monoisotopic (exact) mass is 230 g/mol. The molecular formula is C13H14N2O2. The lowest BCUT2D eigenvalue weighted by molar-refractivity contribution is -0.129. The molecule has 0 spiro atoms. The average Bonchev–Trinajstić information content (AvgIpc) is 2.40. The molecule has 0 bridgehead atoms. The van der Waals surface area contributed by atoms with Crippen molar-refractivity contribution in [1.82, 2.24) is 0 Å². The molecular weight excluding hydrogens is 216 g/mol. The van der Waals surface area contributed by atoms with Gasteiger partial charge in [-0.25, -0.2) is 0 Å². The van der Waals surface area contributed by atoms with Gasteiger partial charge in [0.25, 0.3) is 5.91 Å². The van der Waals surface area contributed by atoms with Crippen LogP contribution in [0, 0.1) is 11.3 Å². The summed E-state index contributed by atoms with van der Waals surface area (Å²) in [5.41, 5.74) is 1.02. The van der Waals surface area contributed by atoms with Crippen LogP contribution in [0.5, 0.6) is 0 Å². The van der Waals surface area contributed by atoms with Crippen LogP contribution in [0.3, 0.4) is 0 Å². The number of anilines is 1. The van der Waals surface area contributed by atoms with Gasteiger partial charge in [0.15, 0.2) is 0 Å². The van der Waals surface area contributed by atoms with Crippen molar-refractivity contribution in [2.45, 2.75) is 25.4 Å². The minimum Gasteiger partial charge on any atom is -0.368 e. The summed E-state index contributed by atoms with van der Waals surface area (Å²) in [6.07, 6.45) is 2.40. The molecule has 1 atom stereocenters. The van der Waals surface area contributed by atoms with Gasteiger partial charge >= 0.3 is 0 Å². The van der Waals surface area contributed by atoms with E-state index >= 15 is 0 Å². The van der Waals surface area contributed by atoms with E-state index in [9.17, 15) is 4.79 Å². The number of hydrogen-bond acceptors (Lipinski definition) is 3. The molecule has 1 fully saturated rings. The van der Waals surface area contributed by atoms with Crippen molar-refractivity contribution >= 4 is 11.6 Å². The van der Waals surface area contributed by atoms with Gasteiger partial charge in [-0.05, 0) is 31.4 Å². The number of nitrogens with zero attached hydrogens (tertiary/aromatic N) is 1. The van der Waals surface area contributed by atoms with E-state index in [0.29, 0.717) is 17.9 Å². The summed E-state index contributed by atoms with van der Waals surface area (Å²) in [6.45, 7) is 0.637. The number of carbonyl (C=O) groups excluding carboxylic acids is 1. The summed E-state index contributed by atoms with van der Waals surface area (Å²) in [4.78, 5) is 11.9. The van der Waals surface area contributed by atoms with Crippen molar-refractivity contribution in [3.8, 4) is 6.07 Å². The molecule has 4 nitrogen and oxygen atoms in total. The van der Waals surface area contributed by atoms with Gasteiger partial charge in [-0.15, -0.1) is 0 Å². The number of nitriles is 1. The SMILES string of the molecule is N#Cc1ccccc1NC(=O)C1CCCCO1. The van der Waals surface area contributed by atoms with Crippen molar-refractivity contribution in [1.29, 1.82) is 5.26 Å². The van der Waals surface area contributed by atoms with E-state index in [0.717, 1.165) is 19.3 Å². The van der Waals surface area contributed by atoms with Crippen LogP contribution in [0.2, 0.25) is 0 Å². The molecule has 0 radical (unpaired) electrons. The van der Waals surface area contributed by atoms with Gasteiger partial charge in [0, 0.05) is 6.61 Å². The topological polar surface area (TPSA) is 62.1 Å². The Kier molecular flexibility index (Phi) is 3.73. The van der Waals surface area contributed by atoms with Crippen molar-refractivity contribution in [2.75, 3.05) is 11.9 Å². The van der Waals surface area contributed by atoms with Crippen LogP contribution in [0.15, 0.2) is 24.3 Å². The van der Waals surface area contributed by atoms with E-state index in [1.165, 1.54) is 0 Å². The third-order valence-electron chi connectivity index (χ3n) is 2.78. The summed E-state index contributed by atoms with van der Waals surface area (Å²) in [7, 11) is 0. The summed E-state index contributed by atoms with van der Waals surface area (Å²) in [5, 5.41) is 11.7. The molecule has 0 saturated carbocycles. The highest BCUT2D eigenvalue weighted by Crippen LogP contribution is 2.17. The lowest BCUT2D eigenvalue weighted by Crippen LogP contribution is -2.33. The number of benzene rings is 1. The van der Waals surface area contributed by atoms with Crippen molar-refractivity contribution in [3.63, 3.8) is 0 Å². The maximum absolute atomic E-state index is 11.9. The minimum absolute atomic E-state index is 0.160. The van der Waals surface area contributed by atoms with Gasteiger partial charge < -0.3 is 10.1 Å². The highest BCUT2D eigenvalue weighted by Gasteiger charge is 2.22. The number of hydrogen-bond donors (Lipinski definition) is 1. The number of nitrogens with one attached hydrogen (secondary N) is 1. The van der Waals surface area contributed by atoms with E-state index in [4.69, 9.17) is 10.00 Å². The third-order valence-corrected chi connectivity index (χ3v) is 2.78.